The topological polar surface area (TPSA) is 65.6 Å². The van der Waals surface area contributed by atoms with Crippen LogP contribution in [0.25, 0.3) is 10.9 Å². The summed E-state index contributed by atoms with van der Waals surface area (Å²) >= 11 is 12.2. The molecule has 0 aliphatic carbocycles. The van der Waals surface area contributed by atoms with Crippen LogP contribution in [0, 0.1) is 0 Å². The number of nitrogens with zero attached hydrogens (tertiary/aromatic N) is 2. The van der Waals surface area contributed by atoms with Crippen LogP contribution in [0.5, 0.6) is 0 Å². The summed E-state index contributed by atoms with van der Waals surface area (Å²) in [6, 6.07) is 16.9. The molecule has 6 nitrogen and oxygen atoms in total. The maximum Gasteiger partial charge on any atom is 0.416 e. The van der Waals surface area contributed by atoms with Crippen LogP contribution in [-0.4, -0.2) is 59.9 Å². The van der Waals surface area contributed by atoms with E-state index < -0.39 is 17.6 Å². The van der Waals surface area contributed by atoms with Gasteiger partial charge < -0.3 is 19.5 Å². The zero-order valence-electron chi connectivity index (χ0n) is 22.2. The van der Waals surface area contributed by atoms with Crippen LogP contribution in [0.15, 0.2) is 72.9 Å². The second-order valence-electron chi connectivity index (χ2n) is 9.50. The first-order chi connectivity index (χ1) is 19.5. The molecular formula is C30H28Cl2F3N3O3. The van der Waals surface area contributed by atoms with Crippen molar-refractivity contribution in [3.63, 3.8) is 0 Å². The molecule has 3 aromatic carbocycles. The lowest BCUT2D eigenvalue weighted by molar-refractivity contribution is -0.137. The molecule has 0 radical (unpaired) electrons. The molecule has 0 aliphatic rings. The minimum atomic E-state index is -4.46. The fraction of sp³-hybridized carbons (Fsp3) is 0.267. The highest BCUT2D eigenvalue weighted by Gasteiger charge is 2.30. The minimum absolute atomic E-state index is 0.0641. The second-order valence-corrected chi connectivity index (χ2v) is 10.4. The van der Waals surface area contributed by atoms with E-state index in [4.69, 9.17) is 27.9 Å². The molecule has 0 saturated carbocycles. The average Bonchev–Trinajstić information content (AvgIpc) is 3.35. The van der Waals surface area contributed by atoms with Crippen molar-refractivity contribution in [1.29, 1.82) is 0 Å². The van der Waals surface area contributed by atoms with Crippen molar-refractivity contribution < 1.29 is 27.5 Å². The summed E-state index contributed by atoms with van der Waals surface area (Å²) in [5.41, 5.74) is 1.93. The predicted octanol–water partition coefficient (Wildman–Crippen LogP) is 6.85. The number of aromatic nitrogens is 1. The quantitative estimate of drug-likeness (QED) is 0.203. The van der Waals surface area contributed by atoms with E-state index in [2.05, 4.69) is 4.98 Å². The average molecular weight is 606 g/mol. The van der Waals surface area contributed by atoms with Crippen LogP contribution in [0.1, 0.15) is 27.0 Å². The van der Waals surface area contributed by atoms with Crippen molar-refractivity contribution in [3.05, 3.63) is 105 Å². The number of alkyl halides is 3. The van der Waals surface area contributed by atoms with E-state index >= 15 is 0 Å². The zero-order valence-corrected chi connectivity index (χ0v) is 23.7. The molecule has 1 aromatic heterocycles. The monoisotopic (exact) mass is 605 g/mol. The number of benzene rings is 3. The Hall–Kier alpha value is -3.53. The van der Waals surface area contributed by atoms with Gasteiger partial charge in [0.2, 0.25) is 5.91 Å². The first-order valence-electron chi connectivity index (χ1n) is 12.8. The van der Waals surface area contributed by atoms with Gasteiger partial charge in [-0.1, -0.05) is 53.5 Å². The van der Waals surface area contributed by atoms with Gasteiger partial charge in [-0.3, -0.25) is 9.59 Å². The van der Waals surface area contributed by atoms with Gasteiger partial charge in [-0.2, -0.15) is 13.2 Å². The highest BCUT2D eigenvalue weighted by molar-refractivity contribution is 6.35. The van der Waals surface area contributed by atoms with Gasteiger partial charge in [-0.25, -0.2) is 0 Å². The number of nitrogens with one attached hydrogen (secondary N) is 1. The predicted molar refractivity (Wildman–Crippen MR) is 153 cm³/mol. The number of aromatic amines is 1. The summed E-state index contributed by atoms with van der Waals surface area (Å²) in [6.07, 6.45) is -2.09. The number of H-pyrrole nitrogens is 1. The molecule has 0 saturated heterocycles. The van der Waals surface area contributed by atoms with E-state index in [-0.39, 0.29) is 54.3 Å². The van der Waals surface area contributed by atoms with Crippen molar-refractivity contribution in [2.45, 2.75) is 19.1 Å². The Morgan fingerprint density at radius 1 is 0.927 bits per heavy atom. The number of amides is 2. The Bertz CT molecular complexity index is 1490. The van der Waals surface area contributed by atoms with Gasteiger partial charge in [0.15, 0.2) is 0 Å². The molecule has 4 rings (SSSR count). The first-order valence-corrected chi connectivity index (χ1v) is 13.5. The maximum atomic E-state index is 13.7. The van der Waals surface area contributed by atoms with Gasteiger partial charge in [0.1, 0.15) is 6.54 Å². The van der Waals surface area contributed by atoms with Crippen LogP contribution in [0.4, 0.5) is 13.2 Å². The summed E-state index contributed by atoms with van der Waals surface area (Å²) in [5, 5.41) is 1.58. The van der Waals surface area contributed by atoms with E-state index in [1.807, 2.05) is 30.5 Å². The van der Waals surface area contributed by atoms with E-state index in [1.54, 1.807) is 4.90 Å². The number of rotatable bonds is 11. The summed E-state index contributed by atoms with van der Waals surface area (Å²) < 4.78 is 44.4. The molecular weight excluding hydrogens is 578 g/mol. The smallest absolute Gasteiger partial charge is 0.383 e. The molecule has 0 aliphatic heterocycles. The van der Waals surface area contributed by atoms with Crippen molar-refractivity contribution in [3.8, 4) is 0 Å². The number of fused-ring (bicyclic) bond motifs is 1. The maximum absolute atomic E-state index is 13.7. The number of methoxy groups -OCH3 is 1. The normalized spacial score (nSPS) is 11.6. The number of hydrogen-bond donors (Lipinski definition) is 1. The second kappa shape index (κ2) is 13.4. The Kier molecular flexibility index (Phi) is 9.96. The molecule has 216 valence electrons. The molecule has 0 unspecified atom stereocenters. The van der Waals surface area contributed by atoms with Crippen LogP contribution in [0.3, 0.4) is 0 Å². The fourth-order valence-corrected chi connectivity index (χ4v) is 5.01. The molecule has 41 heavy (non-hydrogen) atoms. The number of ether oxygens (including phenoxy) is 1. The van der Waals surface area contributed by atoms with Gasteiger partial charge in [-0.05, 0) is 53.9 Å². The van der Waals surface area contributed by atoms with Gasteiger partial charge in [0.05, 0.1) is 12.2 Å². The van der Waals surface area contributed by atoms with Crippen LogP contribution < -0.4 is 0 Å². The standard InChI is InChI=1S/C30H28Cl2F3N3O3/c1-41-13-12-38(29(40)22-14-24(31)16-25(32)15-22)19-28(39)37(18-20-6-8-23(9-7-20)30(33,34)35)11-10-21-17-36-27-5-3-2-4-26(21)27/h2-9,14-17,36H,10-13,18-19H2,1H3. The summed E-state index contributed by atoms with van der Waals surface area (Å²) in [7, 11) is 1.48. The third kappa shape index (κ3) is 8.03. The highest BCUT2D eigenvalue weighted by atomic mass is 35.5. The number of hydrogen-bond acceptors (Lipinski definition) is 3. The van der Waals surface area contributed by atoms with Gasteiger partial charge in [0, 0.05) is 59.5 Å². The highest BCUT2D eigenvalue weighted by Crippen LogP contribution is 2.29. The summed E-state index contributed by atoms with van der Waals surface area (Å²) in [6.45, 7) is 0.371. The van der Waals surface area contributed by atoms with Crippen molar-refractivity contribution in [1.82, 2.24) is 14.8 Å². The number of carbonyl (C=O) groups is 2. The van der Waals surface area contributed by atoms with Crippen LogP contribution >= 0.6 is 23.2 Å². The lowest BCUT2D eigenvalue weighted by Gasteiger charge is -2.28. The van der Waals surface area contributed by atoms with Crippen molar-refractivity contribution in [2.24, 2.45) is 0 Å². The minimum Gasteiger partial charge on any atom is -0.383 e. The summed E-state index contributed by atoms with van der Waals surface area (Å²) in [4.78, 5) is 33.2. The molecule has 0 bridgehead atoms. The molecule has 0 atom stereocenters. The van der Waals surface area contributed by atoms with Crippen LogP contribution in [-0.2, 0) is 28.7 Å². The lowest BCUT2D eigenvalue weighted by atomic mass is 10.1. The number of para-hydroxylation sites is 1. The zero-order chi connectivity index (χ0) is 29.6. The molecule has 0 spiro atoms. The molecule has 4 aromatic rings. The lowest BCUT2D eigenvalue weighted by Crippen LogP contribution is -2.44. The fourth-order valence-electron chi connectivity index (χ4n) is 4.48. The first kappa shape index (κ1) is 30.4. The SMILES string of the molecule is COCCN(CC(=O)N(CCc1c[nH]c2ccccc12)Cc1ccc(C(F)(F)F)cc1)C(=O)c1cc(Cl)cc(Cl)c1. The van der Waals surface area contributed by atoms with Crippen molar-refractivity contribution in [2.75, 3.05) is 33.4 Å². The largest absolute Gasteiger partial charge is 0.416 e. The molecule has 1 N–H and O–H groups in total. The van der Waals surface area contributed by atoms with Gasteiger partial charge >= 0.3 is 6.18 Å². The summed E-state index contributed by atoms with van der Waals surface area (Å²) in [5.74, 6) is -0.826. The third-order valence-electron chi connectivity index (χ3n) is 6.62. The molecule has 1 heterocycles. The number of halogens is 5. The third-order valence-corrected chi connectivity index (χ3v) is 7.06. The Morgan fingerprint density at radius 2 is 1.61 bits per heavy atom. The van der Waals surface area contributed by atoms with E-state index in [0.717, 1.165) is 28.6 Å². The number of carbonyl (C=O) groups excluding carboxylic acids is 2. The molecule has 0 fully saturated rings. The van der Waals surface area contributed by atoms with E-state index in [9.17, 15) is 22.8 Å². The van der Waals surface area contributed by atoms with Gasteiger partial charge in [0.25, 0.3) is 5.91 Å². The van der Waals surface area contributed by atoms with E-state index in [0.29, 0.717) is 12.0 Å². The molecule has 11 heteroatoms. The Morgan fingerprint density at radius 3 is 2.27 bits per heavy atom. The van der Waals surface area contributed by atoms with Crippen molar-refractivity contribution >= 4 is 45.9 Å². The Balaban J connectivity index is 1.57. The molecule has 2 amide bonds. The van der Waals surface area contributed by atoms with Crippen LogP contribution in [0.2, 0.25) is 10.0 Å². The van der Waals surface area contributed by atoms with E-state index in [1.165, 1.54) is 42.3 Å². The Labute approximate surface area is 245 Å². The van der Waals surface area contributed by atoms with Gasteiger partial charge in [-0.15, -0.1) is 0 Å².